The molecule has 0 aliphatic heterocycles. The Labute approximate surface area is 180 Å². The Morgan fingerprint density at radius 3 is 2.66 bits per heavy atom. The van der Waals surface area contributed by atoms with Gasteiger partial charge in [-0.1, -0.05) is 18.2 Å². The molecule has 0 unspecified atom stereocenters. The summed E-state index contributed by atoms with van der Waals surface area (Å²) >= 11 is 0. The Morgan fingerprint density at radius 1 is 1.00 bits per heavy atom. The van der Waals surface area contributed by atoms with Crippen molar-refractivity contribution in [3.8, 4) is 17.4 Å². The number of hydrogen-bond donors (Lipinski definition) is 1. The maximum absolute atomic E-state index is 12.6. The number of benzene rings is 2. The number of anilines is 1. The van der Waals surface area contributed by atoms with Crippen LogP contribution < -0.4 is 15.7 Å². The Bertz CT molecular complexity index is 1460. The fourth-order valence-electron chi connectivity index (χ4n) is 3.06. The Morgan fingerprint density at radius 2 is 1.84 bits per heavy atom. The molecule has 32 heavy (non-hydrogen) atoms. The van der Waals surface area contributed by atoms with Crippen molar-refractivity contribution in [1.29, 1.82) is 0 Å². The summed E-state index contributed by atoms with van der Waals surface area (Å²) in [5.41, 5.74) is 0.153. The molecule has 0 radical (unpaired) electrons. The van der Waals surface area contributed by atoms with Gasteiger partial charge in [0.2, 0.25) is 5.88 Å². The van der Waals surface area contributed by atoms with Gasteiger partial charge in [0.15, 0.2) is 5.82 Å². The highest BCUT2D eigenvalue weighted by Gasteiger charge is 2.14. The molecule has 9 heteroatoms. The van der Waals surface area contributed by atoms with E-state index >= 15 is 0 Å². The fourth-order valence-corrected chi connectivity index (χ4v) is 3.06. The van der Waals surface area contributed by atoms with Crippen molar-refractivity contribution in [2.75, 3.05) is 5.32 Å². The molecule has 0 spiro atoms. The predicted molar refractivity (Wildman–Crippen MR) is 116 cm³/mol. The number of para-hydroxylation sites is 1. The van der Waals surface area contributed by atoms with Crippen molar-refractivity contribution in [2.45, 2.75) is 0 Å². The van der Waals surface area contributed by atoms with Gasteiger partial charge in [0.1, 0.15) is 23.2 Å². The van der Waals surface area contributed by atoms with Crippen molar-refractivity contribution in [3.05, 3.63) is 101 Å². The number of amides is 1. The molecule has 1 amide bonds. The number of carbonyl (C=O) groups excluding carboxylic acids is 1. The van der Waals surface area contributed by atoms with Gasteiger partial charge < -0.3 is 14.5 Å². The van der Waals surface area contributed by atoms with E-state index in [1.54, 1.807) is 77.7 Å². The second kappa shape index (κ2) is 8.15. The van der Waals surface area contributed by atoms with Crippen molar-refractivity contribution < 1.29 is 13.9 Å². The second-order valence-corrected chi connectivity index (χ2v) is 6.73. The number of hydrogen-bond acceptors (Lipinski definition) is 7. The van der Waals surface area contributed by atoms with Crippen LogP contribution in [0.5, 0.6) is 11.6 Å². The van der Waals surface area contributed by atoms with Crippen molar-refractivity contribution in [1.82, 2.24) is 19.7 Å². The van der Waals surface area contributed by atoms with E-state index in [1.165, 1.54) is 12.4 Å². The second-order valence-electron chi connectivity index (χ2n) is 6.73. The zero-order valence-corrected chi connectivity index (χ0v) is 16.5. The summed E-state index contributed by atoms with van der Waals surface area (Å²) in [6, 6.07) is 18.6. The lowest BCUT2D eigenvalue weighted by Crippen LogP contribution is -2.20. The largest absolute Gasteiger partial charge is 0.439 e. The third-order valence-corrected chi connectivity index (χ3v) is 4.59. The molecule has 0 saturated carbocycles. The number of rotatable bonds is 5. The van der Waals surface area contributed by atoms with Crippen LogP contribution in [0.15, 0.2) is 94.7 Å². The first kappa shape index (κ1) is 19.2. The molecule has 3 heterocycles. The van der Waals surface area contributed by atoms with Crippen molar-refractivity contribution in [3.63, 3.8) is 0 Å². The minimum Gasteiger partial charge on any atom is -0.439 e. The number of fused-ring (bicyclic) bond motifs is 1. The van der Waals surface area contributed by atoms with E-state index in [1.807, 2.05) is 0 Å². The zero-order valence-electron chi connectivity index (χ0n) is 16.5. The Kier molecular flexibility index (Phi) is 4.89. The molecule has 5 rings (SSSR count). The van der Waals surface area contributed by atoms with Gasteiger partial charge >= 0.3 is 5.63 Å². The first-order valence-electron chi connectivity index (χ1n) is 9.60. The van der Waals surface area contributed by atoms with Gasteiger partial charge in [0.25, 0.3) is 5.91 Å². The summed E-state index contributed by atoms with van der Waals surface area (Å²) in [5.74, 6) is 0.866. The van der Waals surface area contributed by atoms with Crippen LogP contribution in [-0.2, 0) is 0 Å². The van der Waals surface area contributed by atoms with Crippen LogP contribution >= 0.6 is 0 Å². The first-order chi connectivity index (χ1) is 15.7. The van der Waals surface area contributed by atoms with E-state index in [0.29, 0.717) is 34.1 Å². The SMILES string of the molecule is O=C(Nc1ccc(Oc2cc(-n3cccn3)ncn2)cc1)c1cc2ccccc2oc1=O. The maximum Gasteiger partial charge on any atom is 0.349 e. The van der Waals surface area contributed by atoms with Gasteiger partial charge in [0, 0.05) is 29.5 Å². The maximum atomic E-state index is 12.6. The molecule has 0 saturated heterocycles. The van der Waals surface area contributed by atoms with Gasteiger partial charge in [-0.2, -0.15) is 5.10 Å². The van der Waals surface area contributed by atoms with E-state index in [-0.39, 0.29) is 5.56 Å². The monoisotopic (exact) mass is 425 g/mol. The summed E-state index contributed by atoms with van der Waals surface area (Å²) in [7, 11) is 0. The predicted octanol–water partition coefficient (Wildman–Crippen LogP) is 3.81. The third-order valence-electron chi connectivity index (χ3n) is 4.59. The molecule has 5 aromatic rings. The van der Waals surface area contributed by atoms with Crippen LogP contribution in [0.3, 0.4) is 0 Å². The molecule has 9 nitrogen and oxygen atoms in total. The standard InChI is InChI=1S/C23H15N5O4/c29-22(18-12-15-4-1-2-5-19(15)32-23(18)30)27-16-6-8-17(9-7-16)31-21-13-20(24-14-25-21)28-11-3-10-26-28/h1-14H,(H,27,29). The van der Waals surface area contributed by atoms with Gasteiger partial charge in [0.05, 0.1) is 0 Å². The molecule has 0 aliphatic rings. The van der Waals surface area contributed by atoms with Crippen LogP contribution in [0.2, 0.25) is 0 Å². The number of carbonyl (C=O) groups is 1. The van der Waals surface area contributed by atoms with Gasteiger partial charge in [-0.25, -0.2) is 19.4 Å². The minimum absolute atomic E-state index is 0.0730. The number of ether oxygens (including phenoxy) is 1. The van der Waals surface area contributed by atoms with Crippen LogP contribution in [0.4, 0.5) is 5.69 Å². The summed E-state index contributed by atoms with van der Waals surface area (Å²) in [6.07, 6.45) is 4.80. The normalized spacial score (nSPS) is 10.8. The summed E-state index contributed by atoms with van der Waals surface area (Å²) in [4.78, 5) is 33.0. The van der Waals surface area contributed by atoms with Crippen LogP contribution in [0, 0.1) is 0 Å². The minimum atomic E-state index is -0.696. The molecule has 0 atom stereocenters. The molecule has 3 aromatic heterocycles. The smallest absolute Gasteiger partial charge is 0.349 e. The average molecular weight is 425 g/mol. The van der Waals surface area contributed by atoms with E-state index in [0.717, 1.165) is 0 Å². The lowest BCUT2D eigenvalue weighted by Gasteiger charge is -2.08. The topological polar surface area (TPSA) is 112 Å². The number of nitrogens with one attached hydrogen (secondary N) is 1. The molecule has 156 valence electrons. The number of aromatic nitrogens is 4. The molecular weight excluding hydrogens is 410 g/mol. The molecule has 0 bridgehead atoms. The van der Waals surface area contributed by atoms with E-state index < -0.39 is 11.5 Å². The Hall–Kier alpha value is -4.79. The van der Waals surface area contributed by atoms with E-state index in [9.17, 15) is 9.59 Å². The van der Waals surface area contributed by atoms with E-state index in [4.69, 9.17) is 9.15 Å². The van der Waals surface area contributed by atoms with Gasteiger partial charge in [-0.05, 0) is 42.5 Å². The summed E-state index contributed by atoms with van der Waals surface area (Å²) in [6.45, 7) is 0. The fraction of sp³-hybridized carbons (Fsp3) is 0. The van der Waals surface area contributed by atoms with Crippen LogP contribution in [-0.4, -0.2) is 25.7 Å². The molecular formula is C23H15N5O4. The molecule has 0 fully saturated rings. The molecule has 0 aliphatic carbocycles. The average Bonchev–Trinajstić information content (AvgIpc) is 3.35. The Balaban J connectivity index is 1.30. The van der Waals surface area contributed by atoms with Crippen LogP contribution in [0.25, 0.3) is 16.8 Å². The lowest BCUT2D eigenvalue weighted by atomic mass is 10.1. The quantitative estimate of drug-likeness (QED) is 0.426. The first-order valence-corrected chi connectivity index (χ1v) is 9.60. The zero-order chi connectivity index (χ0) is 21.9. The third kappa shape index (κ3) is 3.94. The highest BCUT2D eigenvalue weighted by Crippen LogP contribution is 2.22. The molecule has 1 N–H and O–H groups in total. The van der Waals surface area contributed by atoms with Crippen molar-refractivity contribution in [2.24, 2.45) is 0 Å². The van der Waals surface area contributed by atoms with E-state index in [2.05, 4.69) is 20.4 Å². The van der Waals surface area contributed by atoms with Crippen LogP contribution in [0.1, 0.15) is 10.4 Å². The van der Waals surface area contributed by atoms with Crippen molar-refractivity contribution >= 4 is 22.6 Å². The van der Waals surface area contributed by atoms with Gasteiger partial charge in [-0.15, -0.1) is 0 Å². The molecule has 2 aromatic carbocycles. The van der Waals surface area contributed by atoms with Gasteiger partial charge in [-0.3, -0.25) is 4.79 Å². The number of nitrogens with zero attached hydrogens (tertiary/aromatic N) is 4. The highest BCUT2D eigenvalue weighted by molar-refractivity contribution is 6.05. The summed E-state index contributed by atoms with van der Waals surface area (Å²) in [5, 5.41) is 7.48. The summed E-state index contributed by atoms with van der Waals surface area (Å²) < 4.78 is 12.6. The highest BCUT2D eigenvalue weighted by atomic mass is 16.5. The lowest BCUT2D eigenvalue weighted by molar-refractivity contribution is 0.102.